The second-order valence-corrected chi connectivity index (χ2v) is 9.32. The summed E-state index contributed by atoms with van der Waals surface area (Å²) in [6.45, 7) is 6.08. The zero-order chi connectivity index (χ0) is 23.9. The number of anilines is 1. The number of H-pyrrole nitrogens is 2. The van der Waals surface area contributed by atoms with Crippen LogP contribution in [0.2, 0.25) is 0 Å². The van der Waals surface area contributed by atoms with Crippen LogP contribution in [0.5, 0.6) is 0 Å². The van der Waals surface area contributed by atoms with Gasteiger partial charge >= 0.3 is 0 Å². The van der Waals surface area contributed by atoms with E-state index in [9.17, 15) is 4.39 Å². The third kappa shape index (κ3) is 3.87. The molecule has 6 nitrogen and oxygen atoms in total. The number of rotatable bonds is 6. The van der Waals surface area contributed by atoms with Crippen molar-refractivity contribution in [1.29, 1.82) is 0 Å². The highest BCUT2D eigenvalue weighted by molar-refractivity contribution is 7.13. The lowest BCUT2D eigenvalue weighted by Gasteiger charge is -2.09. The summed E-state index contributed by atoms with van der Waals surface area (Å²) in [7, 11) is 0. The first kappa shape index (κ1) is 21.2. The Labute approximate surface area is 204 Å². The van der Waals surface area contributed by atoms with Crippen LogP contribution in [0.15, 0.2) is 79.4 Å². The maximum Gasteiger partial charge on any atom is 0.177 e. The minimum Gasteiger partial charge on any atom is -0.358 e. The van der Waals surface area contributed by atoms with E-state index in [0.717, 1.165) is 84.0 Å². The standard InChI is InChI=1S/C27H21FN6S/c1-3-15(2)31-18-10-17(13-29-14-18)16-4-5-22-19(11-16)26(34-33-22)23-12-20-21(32-23)8-9-30-27(20)24-6-7-25(28)35-24/h4-14,31-32H,2-3H2,1H3,(H,33,34). The summed E-state index contributed by atoms with van der Waals surface area (Å²) in [6, 6.07) is 15.4. The highest BCUT2D eigenvalue weighted by Gasteiger charge is 2.16. The summed E-state index contributed by atoms with van der Waals surface area (Å²) >= 11 is 1.09. The lowest BCUT2D eigenvalue weighted by atomic mass is 10.0. The smallest absolute Gasteiger partial charge is 0.177 e. The maximum atomic E-state index is 13.7. The van der Waals surface area contributed by atoms with Crippen LogP contribution in [0.3, 0.4) is 0 Å². The molecule has 0 saturated carbocycles. The van der Waals surface area contributed by atoms with E-state index < -0.39 is 0 Å². The molecule has 0 unspecified atom stereocenters. The van der Waals surface area contributed by atoms with Crippen LogP contribution in [-0.2, 0) is 0 Å². The average Bonchev–Trinajstić information content (AvgIpc) is 3.61. The SMILES string of the molecule is C=C(CC)Nc1cncc(-c2ccc3[nH]nc(-c4cc5c(-c6ccc(F)s6)nccc5[nH]4)c3c2)c1. The number of fused-ring (bicyclic) bond motifs is 2. The van der Waals surface area contributed by atoms with E-state index in [1.54, 1.807) is 18.5 Å². The summed E-state index contributed by atoms with van der Waals surface area (Å²) in [6.07, 6.45) is 6.22. The maximum absolute atomic E-state index is 13.7. The van der Waals surface area contributed by atoms with Crippen LogP contribution >= 0.6 is 11.3 Å². The van der Waals surface area contributed by atoms with Crippen LogP contribution in [0.25, 0.3) is 54.9 Å². The van der Waals surface area contributed by atoms with E-state index in [1.807, 2.05) is 24.4 Å². The van der Waals surface area contributed by atoms with Crippen LogP contribution in [0.4, 0.5) is 10.1 Å². The second-order valence-electron chi connectivity index (χ2n) is 8.28. The second kappa shape index (κ2) is 8.48. The van der Waals surface area contributed by atoms with Gasteiger partial charge in [0.15, 0.2) is 5.13 Å². The van der Waals surface area contributed by atoms with E-state index in [1.165, 1.54) is 6.07 Å². The quantitative estimate of drug-likeness (QED) is 0.232. The molecule has 0 saturated heterocycles. The molecule has 5 heterocycles. The van der Waals surface area contributed by atoms with Crippen molar-refractivity contribution in [3.8, 4) is 33.1 Å². The molecule has 172 valence electrons. The van der Waals surface area contributed by atoms with Crippen LogP contribution < -0.4 is 5.32 Å². The molecule has 6 rings (SSSR count). The van der Waals surface area contributed by atoms with Gasteiger partial charge in [0.2, 0.25) is 0 Å². The molecule has 35 heavy (non-hydrogen) atoms. The molecule has 8 heteroatoms. The van der Waals surface area contributed by atoms with E-state index in [-0.39, 0.29) is 5.13 Å². The number of hydrogen-bond acceptors (Lipinski definition) is 5. The molecule has 0 fully saturated rings. The number of nitrogens with zero attached hydrogens (tertiary/aromatic N) is 3. The fourth-order valence-electron chi connectivity index (χ4n) is 4.18. The molecular formula is C27H21FN6S. The third-order valence-electron chi connectivity index (χ3n) is 5.99. The predicted molar refractivity (Wildman–Crippen MR) is 141 cm³/mol. The Kier molecular flexibility index (Phi) is 5.15. The summed E-state index contributed by atoms with van der Waals surface area (Å²) in [5.41, 5.74) is 8.15. The van der Waals surface area contributed by atoms with E-state index in [2.05, 4.69) is 62.2 Å². The van der Waals surface area contributed by atoms with Gasteiger partial charge in [-0.1, -0.05) is 19.6 Å². The zero-order valence-electron chi connectivity index (χ0n) is 18.9. The number of aromatic nitrogens is 5. The van der Waals surface area contributed by atoms with Crippen molar-refractivity contribution in [2.75, 3.05) is 5.32 Å². The van der Waals surface area contributed by atoms with Crippen molar-refractivity contribution in [3.05, 3.63) is 84.5 Å². The Morgan fingerprint density at radius 1 is 1.00 bits per heavy atom. The number of aromatic amines is 2. The molecule has 1 aromatic carbocycles. The zero-order valence-corrected chi connectivity index (χ0v) is 19.7. The molecule has 0 radical (unpaired) electrons. The topological polar surface area (TPSA) is 82.3 Å². The minimum atomic E-state index is -0.229. The first-order valence-electron chi connectivity index (χ1n) is 11.2. The predicted octanol–water partition coefficient (Wildman–Crippen LogP) is 7.37. The van der Waals surface area contributed by atoms with Gasteiger partial charge in [-0.3, -0.25) is 15.1 Å². The summed E-state index contributed by atoms with van der Waals surface area (Å²) < 4.78 is 13.7. The number of hydrogen-bond donors (Lipinski definition) is 3. The Morgan fingerprint density at radius 3 is 2.71 bits per heavy atom. The van der Waals surface area contributed by atoms with Gasteiger partial charge in [-0.2, -0.15) is 9.49 Å². The number of thiophene rings is 1. The first-order chi connectivity index (χ1) is 17.1. The van der Waals surface area contributed by atoms with Crippen molar-refractivity contribution >= 4 is 38.8 Å². The van der Waals surface area contributed by atoms with Crippen molar-refractivity contribution in [1.82, 2.24) is 25.1 Å². The van der Waals surface area contributed by atoms with E-state index >= 15 is 0 Å². The normalized spacial score (nSPS) is 11.4. The molecule has 0 aliphatic heterocycles. The Hall–Kier alpha value is -4.30. The Balaban J connectivity index is 1.43. The molecule has 0 aliphatic rings. The molecule has 5 aromatic heterocycles. The van der Waals surface area contributed by atoms with Gasteiger partial charge in [-0.15, -0.1) is 11.3 Å². The van der Waals surface area contributed by atoms with Crippen LogP contribution in [0, 0.1) is 5.13 Å². The number of benzene rings is 1. The first-order valence-corrected chi connectivity index (χ1v) is 12.0. The van der Waals surface area contributed by atoms with Crippen molar-refractivity contribution in [2.24, 2.45) is 0 Å². The Morgan fingerprint density at radius 2 is 1.89 bits per heavy atom. The molecular weight excluding hydrogens is 459 g/mol. The van der Waals surface area contributed by atoms with Gasteiger partial charge < -0.3 is 10.3 Å². The molecule has 0 atom stereocenters. The average molecular weight is 481 g/mol. The van der Waals surface area contributed by atoms with Gasteiger partial charge in [-0.05, 0) is 54.4 Å². The fraction of sp³-hybridized carbons (Fsp3) is 0.0741. The van der Waals surface area contributed by atoms with Gasteiger partial charge in [-0.25, -0.2) is 0 Å². The fourth-order valence-corrected chi connectivity index (χ4v) is 4.92. The van der Waals surface area contributed by atoms with Gasteiger partial charge in [0, 0.05) is 39.9 Å². The van der Waals surface area contributed by atoms with Gasteiger partial charge in [0.25, 0.3) is 0 Å². The third-order valence-corrected chi connectivity index (χ3v) is 6.87. The monoisotopic (exact) mass is 480 g/mol. The number of nitrogens with one attached hydrogen (secondary N) is 3. The number of allylic oxidation sites excluding steroid dienone is 1. The van der Waals surface area contributed by atoms with E-state index in [4.69, 9.17) is 0 Å². The molecule has 0 spiro atoms. The molecule has 0 amide bonds. The lowest BCUT2D eigenvalue weighted by Crippen LogP contribution is -1.97. The van der Waals surface area contributed by atoms with Crippen molar-refractivity contribution in [3.63, 3.8) is 0 Å². The summed E-state index contributed by atoms with van der Waals surface area (Å²) in [5, 5.41) is 12.7. The van der Waals surface area contributed by atoms with Crippen molar-refractivity contribution in [2.45, 2.75) is 13.3 Å². The minimum absolute atomic E-state index is 0.229. The summed E-state index contributed by atoms with van der Waals surface area (Å²) in [4.78, 5) is 13.2. The van der Waals surface area contributed by atoms with Gasteiger partial charge in [0.1, 0.15) is 5.69 Å². The highest BCUT2D eigenvalue weighted by Crippen LogP contribution is 2.36. The van der Waals surface area contributed by atoms with Crippen LogP contribution in [-0.4, -0.2) is 25.1 Å². The van der Waals surface area contributed by atoms with Gasteiger partial charge in [0.05, 0.1) is 33.7 Å². The number of halogens is 1. The highest BCUT2D eigenvalue weighted by atomic mass is 32.1. The van der Waals surface area contributed by atoms with E-state index in [0.29, 0.717) is 0 Å². The lowest BCUT2D eigenvalue weighted by molar-refractivity contribution is 0.657. The molecule has 3 N–H and O–H groups in total. The Bertz CT molecular complexity index is 1710. The number of pyridine rings is 2. The molecule has 6 aromatic rings. The van der Waals surface area contributed by atoms with Crippen LogP contribution in [0.1, 0.15) is 13.3 Å². The largest absolute Gasteiger partial charge is 0.358 e. The summed E-state index contributed by atoms with van der Waals surface area (Å²) in [5.74, 6) is 0. The molecule has 0 bridgehead atoms. The molecule has 0 aliphatic carbocycles. The van der Waals surface area contributed by atoms with Crippen molar-refractivity contribution < 1.29 is 4.39 Å².